The van der Waals surface area contributed by atoms with Crippen molar-refractivity contribution in [2.24, 2.45) is 5.92 Å². The van der Waals surface area contributed by atoms with Crippen LogP contribution in [0.5, 0.6) is 0 Å². The maximum atomic E-state index is 13.0. The van der Waals surface area contributed by atoms with Crippen molar-refractivity contribution in [2.45, 2.75) is 49.9 Å². The zero-order chi connectivity index (χ0) is 30.3. The average Bonchev–Trinajstić information content (AvgIpc) is 3.56. The Bertz CT molecular complexity index is 2030. The summed E-state index contributed by atoms with van der Waals surface area (Å²) in [4.78, 5) is 0. The van der Waals surface area contributed by atoms with E-state index in [1.54, 1.807) is 11.1 Å². The molecule has 4 aromatic rings. The molecule has 2 heteroatoms. The van der Waals surface area contributed by atoms with E-state index in [4.69, 9.17) is 0 Å². The van der Waals surface area contributed by atoms with Crippen LogP contribution in [0.15, 0.2) is 126 Å². The first-order valence-electron chi connectivity index (χ1n) is 16.8. The normalized spacial score (nSPS) is 22.3. The van der Waals surface area contributed by atoms with Crippen molar-refractivity contribution in [3.8, 4) is 11.1 Å². The molecule has 0 aliphatic heterocycles. The Hall–Kier alpha value is -3.93. The van der Waals surface area contributed by atoms with E-state index in [0.29, 0.717) is 5.92 Å². The van der Waals surface area contributed by atoms with Gasteiger partial charge >= 0.3 is 0 Å². The minimum absolute atomic E-state index is 0.259. The summed E-state index contributed by atoms with van der Waals surface area (Å²) in [5.74, 6) is 0.938. The van der Waals surface area contributed by atoms with Crippen LogP contribution in [0.3, 0.4) is 0 Å². The van der Waals surface area contributed by atoms with Gasteiger partial charge in [0.25, 0.3) is 0 Å². The van der Waals surface area contributed by atoms with Gasteiger partial charge in [0.1, 0.15) is 7.14 Å². The number of rotatable bonds is 3. The van der Waals surface area contributed by atoms with Gasteiger partial charge in [-0.15, -0.1) is 0 Å². The minimum Gasteiger partial charge on any atom is -0.319 e. The van der Waals surface area contributed by atoms with Crippen LogP contribution in [0.25, 0.3) is 22.3 Å². The third-order valence-electron chi connectivity index (χ3n) is 11.4. The predicted octanol–water partition coefficient (Wildman–Crippen LogP) is 10.7. The summed E-state index contributed by atoms with van der Waals surface area (Å²) in [7, 11) is -2.34. The molecule has 0 saturated heterocycles. The molecule has 1 saturated carbocycles. The van der Waals surface area contributed by atoms with E-state index in [9.17, 15) is 4.57 Å². The molecular weight excluding hydrogens is 563 g/mol. The topological polar surface area (TPSA) is 17.1 Å². The smallest absolute Gasteiger partial charge is 0.109 e. The molecule has 45 heavy (non-hydrogen) atoms. The van der Waals surface area contributed by atoms with Crippen LogP contribution in [0.2, 0.25) is 0 Å². The first-order chi connectivity index (χ1) is 22.0. The van der Waals surface area contributed by atoms with E-state index in [2.05, 4.69) is 109 Å². The Balaban J connectivity index is 1.26. The fourth-order valence-electron chi connectivity index (χ4n) is 9.45. The van der Waals surface area contributed by atoms with Crippen molar-refractivity contribution in [1.82, 2.24) is 0 Å². The number of hydrogen-bond acceptors (Lipinski definition) is 1. The lowest BCUT2D eigenvalue weighted by atomic mass is 9.64. The Morgan fingerprint density at radius 2 is 1.53 bits per heavy atom. The quantitative estimate of drug-likeness (QED) is 0.213. The summed E-state index contributed by atoms with van der Waals surface area (Å²) in [5.41, 5.74) is 17.2. The lowest BCUT2D eigenvalue weighted by molar-refractivity contribution is 0.445. The zero-order valence-corrected chi connectivity index (χ0v) is 27.1. The summed E-state index contributed by atoms with van der Waals surface area (Å²) in [5, 5.41) is 0.957. The van der Waals surface area contributed by atoms with Crippen molar-refractivity contribution in [3.63, 3.8) is 0 Å². The van der Waals surface area contributed by atoms with Crippen LogP contribution < -0.4 is 5.30 Å². The van der Waals surface area contributed by atoms with Gasteiger partial charge in [-0.05, 0) is 119 Å². The van der Waals surface area contributed by atoms with Crippen molar-refractivity contribution >= 4 is 23.6 Å². The summed E-state index contributed by atoms with van der Waals surface area (Å²) >= 11 is 0. The summed E-state index contributed by atoms with van der Waals surface area (Å²) in [6.45, 7) is 3.74. The summed E-state index contributed by atoms with van der Waals surface area (Å²) in [6, 6.07) is 34.1. The molecule has 0 heterocycles. The van der Waals surface area contributed by atoms with E-state index in [1.807, 2.05) is 19.4 Å². The van der Waals surface area contributed by atoms with E-state index in [-0.39, 0.29) is 11.3 Å². The highest BCUT2D eigenvalue weighted by molar-refractivity contribution is 7.70. The zero-order valence-electron chi connectivity index (χ0n) is 26.2. The highest BCUT2D eigenvalue weighted by Gasteiger charge is 2.56. The largest absolute Gasteiger partial charge is 0.319 e. The molecule has 0 radical (unpaired) electrons. The van der Waals surface area contributed by atoms with Gasteiger partial charge in [-0.2, -0.15) is 0 Å². The Morgan fingerprint density at radius 3 is 2.31 bits per heavy atom. The third-order valence-corrected chi connectivity index (χ3v) is 12.9. The maximum absolute atomic E-state index is 13.0. The lowest BCUT2D eigenvalue weighted by Gasteiger charge is -2.38. The SMILES string of the molecule is CP(C)(=O)c1cccc(C2=CC=CC(c3cccc4c3C3=CCC5CCCCC5=C3C43c4ccccc4-c4ccccc43)C2)c1. The molecule has 2 unspecified atom stereocenters. The number of benzene rings is 4. The standard InChI is InChI=1S/C43H39OP/c1-45(2,44)32-16-10-14-30(27-32)29-13-9-15-31(26-29)33-20-11-23-40-41(33)37-25-24-28-12-3-4-17-34(28)42(37)43(40)38-21-7-5-18-35(38)36-19-6-8-22-39(36)43/h5-11,13-16,18-23,25,27-28,31H,3-4,12,17,24,26H2,1-2H3. The van der Waals surface area contributed by atoms with Gasteiger partial charge < -0.3 is 4.57 Å². The van der Waals surface area contributed by atoms with E-state index < -0.39 is 7.14 Å². The van der Waals surface area contributed by atoms with Crippen molar-refractivity contribution in [2.75, 3.05) is 13.3 Å². The van der Waals surface area contributed by atoms with Crippen LogP contribution in [0.4, 0.5) is 0 Å². The van der Waals surface area contributed by atoms with Gasteiger partial charge in [0.2, 0.25) is 0 Å². The molecule has 0 aromatic heterocycles. The van der Waals surface area contributed by atoms with Crippen molar-refractivity contribution in [1.29, 1.82) is 0 Å². The Morgan fingerprint density at radius 1 is 0.800 bits per heavy atom. The van der Waals surface area contributed by atoms with Crippen molar-refractivity contribution < 1.29 is 4.57 Å². The molecule has 1 nitrogen and oxygen atoms in total. The van der Waals surface area contributed by atoms with Crippen molar-refractivity contribution in [3.05, 3.63) is 160 Å². The van der Waals surface area contributed by atoms with E-state index in [0.717, 1.165) is 18.1 Å². The number of allylic oxidation sites excluding steroid dienone is 8. The average molecular weight is 603 g/mol. The first-order valence-corrected chi connectivity index (χ1v) is 19.4. The Labute approximate surface area is 267 Å². The van der Waals surface area contributed by atoms with Crippen LogP contribution in [0.1, 0.15) is 77.8 Å². The van der Waals surface area contributed by atoms with Gasteiger partial charge in [-0.25, -0.2) is 0 Å². The molecular formula is C43H39OP. The number of hydrogen-bond donors (Lipinski definition) is 0. The molecule has 0 bridgehead atoms. The summed E-state index contributed by atoms with van der Waals surface area (Å²) in [6.07, 6.45) is 16.8. The minimum atomic E-state index is -2.34. The highest BCUT2D eigenvalue weighted by atomic mass is 31.2. The fourth-order valence-corrected chi connectivity index (χ4v) is 10.3. The number of fused-ring (bicyclic) bond motifs is 11. The lowest BCUT2D eigenvalue weighted by Crippen LogP contribution is -2.30. The van der Waals surface area contributed by atoms with Gasteiger partial charge in [-0.3, -0.25) is 0 Å². The monoisotopic (exact) mass is 602 g/mol. The predicted molar refractivity (Wildman–Crippen MR) is 190 cm³/mol. The molecule has 2 atom stereocenters. The molecule has 5 aliphatic carbocycles. The third kappa shape index (κ3) is 3.90. The van der Waals surface area contributed by atoms with Crippen LogP contribution in [-0.4, -0.2) is 13.3 Å². The second-order valence-electron chi connectivity index (χ2n) is 14.1. The van der Waals surface area contributed by atoms with Crippen LogP contribution in [-0.2, 0) is 9.98 Å². The fraction of sp³-hybridized carbons (Fsp3) is 0.256. The van der Waals surface area contributed by atoms with Gasteiger partial charge in [0.05, 0.1) is 5.41 Å². The molecule has 0 N–H and O–H groups in total. The molecule has 1 spiro atoms. The second-order valence-corrected chi connectivity index (χ2v) is 17.3. The highest BCUT2D eigenvalue weighted by Crippen LogP contribution is 2.67. The second kappa shape index (κ2) is 10.0. The van der Waals surface area contributed by atoms with E-state index in [1.165, 1.54) is 81.3 Å². The maximum Gasteiger partial charge on any atom is 0.109 e. The van der Waals surface area contributed by atoms with Gasteiger partial charge in [0, 0.05) is 11.2 Å². The molecule has 5 aliphatic rings. The van der Waals surface area contributed by atoms with Crippen LogP contribution in [0, 0.1) is 5.92 Å². The molecule has 9 rings (SSSR count). The van der Waals surface area contributed by atoms with Gasteiger partial charge in [-0.1, -0.05) is 121 Å². The molecule has 0 amide bonds. The molecule has 1 fully saturated rings. The molecule has 222 valence electrons. The summed E-state index contributed by atoms with van der Waals surface area (Å²) < 4.78 is 13.0. The van der Waals surface area contributed by atoms with E-state index >= 15 is 0 Å². The first kappa shape index (κ1) is 27.4. The van der Waals surface area contributed by atoms with Gasteiger partial charge in [0.15, 0.2) is 0 Å². The molecule has 4 aromatic carbocycles. The van der Waals surface area contributed by atoms with Crippen LogP contribution >= 0.6 is 7.14 Å². The Kier molecular flexibility index (Phi) is 6.11.